The third-order valence-electron chi connectivity index (χ3n) is 3.66. The molecule has 0 bridgehead atoms. The Morgan fingerprint density at radius 3 is 2.79 bits per heavy atom. The average molecular weight is 262 g/mol. The first-order valence-electron chi connectivity index (χ1n) is 7.23. The van der Waals surface area contributed by atoms with E-state index in [0.29, 0.717) is 12.1 Å². The molecule has 0 aliphatic carbocycles. The fourth-order valence-electron chi connectivity index (χ4n) is 2.53. The summed E-state index contributed by atoms with van der Waals surface area (Å²) < 4.78 is 5.69. The van der Waals surface area contributed by atoms with E-state index in [2.05, 4.69) is 56.4 Å². The number of hydrogen-bond donors (Lipinski definition) is 1. The van der Waals surface area contributed by atoms with Gasteiger partial charge in [-0.15, -0.1) is 0 Å². The predicted octanol–water partition coefficient (Wildman–Crippen LogP) is 2.61. The van der Waals surface area contributed by atoms with Gasteiger partial charge >= 0.3 is 0 Å². The monoisotopic (exact) mass is 262 g/mol. The second kappa shape index (κ2) is 6.40. The van der Waals surface area contributed by atoms with Crippen LogP contribution < -0.4 is 10.1 Å². The molecule has 3 nitrogen and oxygen atoms in total. The van der Waals surface area contributed by atoms with Crippen LogP contribution in [0.1, 0.15) is 37.4 Å². The summed E-state index contributed by atoms with van der Waals surface area (Å²) in [5.41, 5.74) is 2.74. The van der Waals surface area contributed by atoms with E-state index < -0.39 is 0 Å². The van der Waals surface area contributed by atoms with Crippen molar-refractivity contribution in [2.24, 2.45) is 0 Å². The molecule has 19 heavy (non-hydrogen) atoms. The van der Waals surface area contributed by atoms with Crippen molar-refractivity contribution in [3.05, 3.63) is 29.3 Å². The van der Waals surface area contributed by atoms with Crippen molar-refractivity contribution in [2.45, 2.75) is 38.8 Å². The van der Waals surface area contributed by atoms with Crippen LogP contribution in [0.4, 0.5) is 0 Å². The van der Waals surface area contributed by atoms with Crippen LogP contribution in [0.2, 0.25) is 0 Å². The molecule has 1 N–H and O–H groups in total. The molecule has 0 radical (unpaired) electrons. The second-order valence-corrected chi connectivity index (χ2v) is 5.86. The summed E-state index contributed by atoms with van der Waals surface area (Å²) in [6.07, 6.45) is 2.27. The predicted molar refractivity (Wildman–Crippen MR) is 79.8 cm³/mol. The van der Waals surface area contributed by atoms with Crippen molar-refractivity contribution in [3.8, 4) is 5.75 Å². The lowest BCUT2D eigenvalue weighted by Gasteiger charge is -2.27. The van der Waals surface area contributed by atoms with Gasteiger partial charge in [-0.05, 0) is 44.1 Å². The van der Waals surface area contributed by atoms with Crippen LogP contribution in [0.15, 0.2) is 18.2 Å². The maximum absolute atomic E-state index is 5.69. The Morgan fingerprint density at radius 2 is 2.11 bits per heavy atom. The Labute approximate surface area is 116 Å². The van der Waals surface area contributed by atoms with E-state index in [-0.39, 0.29) is 0 Å². The molecule has 2 rings (SSSR count). The zero-order chi connectivity index (χ0) is 13.8. The zero-order valence-electron chi connectivity index (χ0n) is 12.6. The average Bonchev–Trinajstić information content (AvgIpc) is 2.38. The van der Waals surface area contributed by atoms with Gasteiger partial charge in [0.05, 0.1) is 6.61 Å². The van der Waals surface area contributed by atoms with Crippen molar-refractivity contribution >= 4 is 0 Å². The van der Waals surface area contributed by atoms with Crippen LogP contribution in [0.25, 0.3) is 0 Å². The van der Waals surface area contributed by atoms with Crippen LogP contribution in [0, 0.1) is 0 Å². The van der Waals surface area contributed by atoms with E-state index in [9.17, 15) is 0 Å². The molecule has 0 spiro atoms. The molecule has 0 saturated carbocycles. The van der Waals surface area contributed by atoms with Gasteiger partial charge in [0.1, 0.15) is 5.75 Å². The number of fused-ring (bicyclic) bond motifs is 1. The summed E-state index contributed by atoms with van der Waals surface area (Å²) in [7, 11) is 4.28. The highest BCUT2D eigenvalue weighted by atomic mass is 16.5. The highest BCUT2D eigenvalue weighted by Crippen LogP contribution is 2.29. The summed E-state index contributed by atoms with van der Waals surface area (Å²) in [4.78, 5) is 2.28. The first-order valence-corrected chi connectivity index (χ1v) is 7.23. The molecule has 1 heterocycles. The number of rotatable bonds is 5. The van der Waals surface area contributed by atoms with Crippen molar-refractivity contribution in [3.63, 3.8) is 0 Å². The molecule has 1 atom stereocenters. The number of likely N-dealkylation sites (N-methyl/N-ethyl adjacent to an activating group) is 1. The van der Waals surface area contributed by atoms with E-state index in [0.717, 1.165) is 31.7 Å². The highest BCUT2D eigenvalue weighted by molar-refractivity contribution is 5.39. The molecule has 1 aromatic rings. The van der Waals surface area contributed by atoms with Crippen LogP contribution in [0.3, 0.4) is 0 Å². The Hall–Kier alpha value is -1.06. The molecule has 0 aromatic heterocycles. The summed E-state index contributed by atoms with van der Waals surface area (Å²) in [6, 6.07) is 7.59. The largest absolute Gasteiger partial charge is 0.493 e. The standard InChI is InChI=1S/C16H26N2O/c1-12(2)17-11-15(18(3)4)13-7-8-16-14(10-13)6-5-9-19-16/h7-8,10,12,15,17H,5-6,9,11H2,1-4H3. The molecule has 1 aliphatic rings. The number of ether oxygens (including phenoxy) is 1. The van der Waals surface area contributed by atoms with Crippen LogP contribution >= 0.6 is 0 Å². The van der Waals surface area contributed by atoms with E-state index in [1.165, 1.54) is 11.1 Å². The third kappa shape index (κ3) is 3.71. The van der Waals surface area contributed by atoms with Gasteiger partial charge in [0.25, 0.3) is 0 Å². The van der Waals surface area contributed by atoms with Gasteiger partial charge in [-0.3, -0.25) is 0 Å². The van der Waals surface area contributed by atoms with Gasteiger partial charge in [0.2, 0.25) is 0 Å². The van der Waals surface area contributed by atoms with E-state index in [1.54, 1.807) is 0 Å². The lowest BCUT2D eigenvalue weighted by Crippen LogP contribution is -2.34. The number of benzene rings is 1. The summed E-state index contributed by atoms with van der Waals surface area (Å²) in [6.45, 7) is 6.21. The smallest absolute Gasteiger partial charge is 0.122 e. The third-order valence-corrected chi connectivity index (χ3v) is 3.66. The molecular weight excluding hydrogens is 236 g/mol. The quantitative estimate of drug-likeness (QED) is 0.883. The van der Waals surface area contributed by atoms with Crippen LogP contribution in [-0.2, 0) is 6.42 Å². The Kier molecular flexibility index (Phi) is 4.83. The van der Waals surface area contributed by atoms with Gasteiger partial charge < -0.3 is 15.0 Å². The first kappa shape index (κ1) is 14.4. The minimum atomic E-state index is 0.412. The normalized spacial score (nSPS) is 16.3. The zero-order valence-corrected chi connectivity index (χ0v) is 12.6. The highest BCUT2D eigenvalue weighted by Gasteiger charge is 2.17. The minimum Gasteiger partial charge on any atom is -0.493 e. The molecule has 0 saturated heterocycles. The van der Waals surface area contributed by atoms with E-state index in [4.69, 9.17) is 4.74 Å². The minimum absolute atomic E-state index is 0.412. The van der Waals surface area contributed by atoms with Crippen molar-refractivity contribution in [1.29, 1.82) is 0 Å². The molecule has 0 amide bonds. The van der Waals surface area contributed by atoms with Crippen molar-refractivity contribution in [2.75, 3.05) is 27.2 Å². The first-order chi connectivity index (χ1) is 9.08. The van der Waals surface area contributed by atoms with Gasteiger partial charge in [-0.2, -0.15) is 0 Å². The van der Waals surface area contributed by atoms with Gasteiger partial charge in [-0.1, -0.05) is 26.0 Å². The van der Waals surface area contributed by atoms with E-state index >= 15 is 0 Å². The lowest BCUT2D eigenvalue weighted by molar-refractivity contribution is 0.277. The molecule has 1 aromatic carbocycles. The molecule has 0 fully saturated rings. The number of nitrogens with one attached hydrogen (secondary N) is 1. The fraction of sp³-hybridized carbons (Fsp3) is 0.625. The Morgan fingerprint density at radius 1 is 1.32 bits per heavy atom. The van der Waals surface area contributed by atoms with Gasteiger partial charge in [-0.25, -0.2) is 0 Å². The molecule has 1 unspecified atom stereocenters. The van der Waals surface area contributed by atoms with Crippen molar-refractivity contribution in [1.82, 2.24) is 10.2 Å². The number of nitrogens with zero attached hydrogens (tertiary/aromatic N) is 1. The van der Waals surface area contributed by atoms with Crippen molar-refractivity contribution < 1.29 is 4.74 Å². The molecule has 106 valence electrons. The van der Waals surface area contributed by atoms with Gasteiger partial charge in [0, 0.05) is 18.6 Å². The number of aryl methyl sites for hydroxylation is 1. The maximum Gasteiger partial charge on any atom is 0.122 e. The van der Waals surface area contributed by atoms with E-state index in [1.807, 2.05) is 0 Å². The van der Waals surface area contributed by atoms with Crippen LogP contribution in [-0.4, -0.2) is 38.2 Å². The Balaban J connectivity index is 2.16. The lowest BCUT2D eigenvalue weighted by atomic mass is 9.98. The van der Waals surface area contributed by atoms with Crippen LogP contribution in [0.5, 0.6) is 5.75 Å². The summed E-state index contributed by atoms with van der Waals surface area (Å²) in [5, 5.41) is 3.53. The Bertz CT molecular complexity index is 415. The molecular formula is C16H26N2O. The topological polar surface area (TPSA) is 24.5 Å². The second-order valence-electron chi connectivity index (χ2n) is 5.86. The number of hydrogen-bond acceptors (Lipinski definition) is 3. The molecule has 3 heteroatoms. The fourth-order valence-corrected chi connectivity index (χ4v) is 2.53. The molecule has 1 aliphatic heterocycles. The SMILES string of the molecule is CC(C)NCC(c1ccc2c(c1)CCCO2)N(C)C. The van der Waals surface area contributed by atoms with Gasteiger partial charge in [0.15, 0.2) is 0 Å². The maximum atomic E-state index is 5.69. The summed E-state index contributed by atoms with van der Waals surface area (Å²) >= 11 is 0. The summed E-state index contributed by atoms with van der Waals surface area (Å²) in [5.74, 6) is 1.07.